The number of amides is 6. The van der Waals surface area contributed by atoms with E-state index in [0.717, 1.165) is 0 Å². The number of hydrogen-bond donors (Lipinski definition) is 10. The molecular weight excluding hydrogens is 799 g/mol. The van der Waals surface area contributed by atoms with Crippen LogP contribution in [0.2, 0.25) is 0 Å². The van der Waals surface area contributed by atoms with E-state index in [2.05, 4.69) is 46.5 Å². The number of carboxylic acid groups (broad SMARTS) is 1. The molecule has 1 aromatic carbocycles. The third kappa shape index (κ3) is 13.5. The van der Waals surface area contributed by atoms with Crippen LogP contribution in [0.15, 0.2) is 49.3 Å². The number of rotatable bonds is 23. The number of thioether (sulfide) groups is 1. The van der Waals surface area contributed by atoms with E-state index < -0.39 is 83.6 Å². The lowest BCUT2D eigenvalue weighted by atomic mass is 9.98. The molecule has 1 aliphatic heterocycles. The van der Waals surface area contributed by atoms with Crippen molar-refractivity contribution in [3.8, 4) is 5.75 Å². The third-order valence-corrected chi connectivity index (χ3v) is 10.9. The molecule has 7 atom stereocenters. The van der Waals surface area contributed by atoms with E-state index in [1.165, 1.54) is 53.8 Å². The highest BCUT2D eigenvalue weighted by Crippen LogP contribution is 2.21. The fourth-order valence-corrected chi connectivity index (χ4v) is 7.20. The number of nitrogens with one attached hydrogen (secondary N) is 7. The van der Waals surface area contributed by atoms with E-state index in [1.807, 2.05) is 6.26 Å². The molecule has 3 aromatic rings. The van der Waals surface area contributed by atoms with Gasteiger partial charge in [0.2, 0.25) is 35.4 Å². The number of hydrogen-bond acceptors (Lipinski definition) is 12. The molecule has 0 bridgehead atoms. The van der Waals surface area contributed by atoms with Gasteiger partial charge < -0.3 is 57.4 Å². The lowest BCUT2D eigenvalue weighted by molar-refractivity contribution is -0.144. The Morgan fingerprint density at radius 3 is 1.98 bits per heavy atom. The summed E-state index contributed by atoms with van der Waals surface area (Å²) >= 11 is 1.43. The Labute approximate surface area is 351 Å². The van der Waals surface area contributed by atoms with Gasteiger partial charge in [0, 0.05) is 49.6 Å². The second-order valence-corrected chi connectivity index (χ2v) is 15.6. The number of phenolic OH excluding ortho intramolecular Hbond substituents is 1. The standard InChI is InChI=1S/C39H55N11O9S/c1-4-22(2)33(39(58)59)49-36(55)29(16-25-19-42-21-44-25)47-34(53)27(11-13-60-3)46-37(56)31-6-5-12-50(31)38(57)30(14-23-7-9-26(51)10-8-23)48-35(54)28(45-32(52)17-40)15-24-18-41-20-43-24/h7-10,18-22,27-31,33,51H,4-6,11-17,40H2,1-3H3,(H,41,43)(H,42,44)(H,45,52)(H,46,56)(H,47,53)(H,48,54)(H,49,55)(H,58,59)/t22-,27-,28-,29-,30-,31-,33-/m0/s1. The van der Waals surface area contributed by atoms with Crippen molar-refractivity contribution in [1.82, 2.24) is 51.4 Å². The molecule has 20 nitrogen and oxygen atoms in total. The summed E-state index contributed by atoms with van der Waals surface area (Å²) < 4.78 is 0. The summed E-state index contributed by atoms with van der Waals surface area (Å²) in [5, 5.41) is 33.1. The van der Waals surface area contributed by atoms with Gasteiger partial charge in [-0.1, -0.05) is 32.4 Å². The van der Waals surface area contributed by atoms with Gasteiger partial charge in [0.15, 0.2) is 0 Å². The van der Waals surface area contributed by atoms with Crippen molar-refractivity contribution < 1.29 is 43.8 Å². The zero-order valence-corrected chi connectivity index (χ0v) is 34.6. The van der Waals surface area contributed by atoms with E-state index in [1.54, 1.807) is 26.0 Å². The molecule has 326 valence electrons. The molecule has 11 N–H and O–H groups in total. The highest BCUT2D eigenvalue weighted by Gasteiger charge is 2.40. The van der Waals surface area contributed by atoms with E-state index >= 15 is 0 Å². The third-order valence-electron chi connectivity index (χ3n) is 10.3. The maximum absolute atomic E-state index is 14.4. The molecule has 1 fully saturated rings. The van der Waals surface area contributed by atoms with Gasteiger partial charge in [0.05, 0.1) is 19.2 Å². The van der Waals surface area contributed by atoms with Crippen LogP contribution in [0.4, 0.5) is 0 Å². The lowest BCUT2D eigenvalue weighted by Crippen LogP contribution is -2.60. The maximum Gasteiger partial charge on any atom is 0.326 e. The Morgan fingerprint density at radius 1 is 0.850 bits per heavy atom. The fourth-order valence-electron chi connectivity index (χ4n) is 6.73. The van der Waals surface area contributed by atoms with E-state index in [0.29, 0.717) is 35.5 Å². The fraction of sp³-hybridized carbons (Fsp3) is 0.513. The summed E-state index contributed by atoms with van der Waals surface area (Å²) in [6.45, 7) is 3.27. The first-order valence-corrected chi connectivity index (χ1v) is 21.1. The molecule has 60 heavy (non-hydrogen) atoms. The molecular formula is C39H55N11O9S. The molecule has 0 spiro atoms. The van der Waals surface area contributed by atoms with Crippen molar-refractivity contribution >= 4 is 53.2 Å². The SMILES string of the molecule is CC[C@H](C)[C@H](NC(=O)[C@H](Cc1cnc[nH]1)NC(=O)[C@H](CCSC)NC(=O)[C@@H]1CCCN1C(=O)[C@H](Cc1ccc(O)cc1)NC(=O)[C@H](Cc1cnc[nH]1)NC(=O)CN)C(=O)O. The highest BCUT2D eigenvalue weighted by atomic mass is 32.2. The van der Waals surface area contributed by atoms with Crippen LogP contribution >= 0.6 is 11.8 Å². The smallest absolute Gasteiger partial charge is 0.326 e. The minimum atomic E-state index is -1.24. The number of aromatic hydroxyl groups is 1. The number of carboxylic acids is 1. The Balaban J connectivity index is 1.55. The quantitative estimate of drug-likeness (QED) is 0.0555. The topological polar surface area (TPSA) is 307 Å². The molecule has 0 radical (unpaired) electrons. The number of likely N-dealkylation sites (tertiary alicyclic amines) is 1. The Morgan fingerprint density at radius 2 is 1.43 bits per heavy atom. The van der Waals surface area contributed by atoms with Gasteiger partial charge in [-0.25, -0.2) is 14.8 Å². The van der Waals surface area contributed by atoms with Crippen molar-refractivity contribution in [3.63, 3.8) is 0 Å². The molecule has 1 saturated heterocycles. The first-order chi connectivity index (χ1) is 28.7. The number of nitrogens with zero attached hydrogens (tertiary/aromatic N) is 3. The van der Waals surface area contributed by atoms with Crippen molar-refractivity contribution in [1.29, 1.82) is 0 Å². The predicted molar refractivity (Wildman–Crippen MR) is 220 cm³/mol. The second-order valence-electron chi connectivity index (χ2n) is 14.6. The number of aromatic nitrogens is 4. The van der Waals surface area contributed by atoms with Crippen molar-refractivity contribution in [3.05, 3.63) is 66.3 Å². The maximum atomic E-state index is 14.4. The minimum absolute atomic E-state index is 0.00470. The Kier molecular flexibility index (Phi) is 17.9. The first kappa shape index (κ1) is 46.7. The van der Waals surface area contributed by atoms with Crippen LogP contribution in [-0.2, 0) is 52.8 Å². The number of carbonyl (C=O) groups is 7. The zero-order valence-electron chi connectivity index (χ0n) is 33.8. The number of nitrogens with two attached hydrogens (primary N) is 1. The van der Waals surface area contributed by atoms with Gasteiger partial charge in [-0.05, 0) is 54.9 Å². The molecule has 0 saturated carbocycles. The largest absolute Gasteiger partial charge is 0.508 e. The summed E-state index contributed by atoms with van der Waals surface area (Å²) in [4.78, 5) is 109. The van der Waals surface area contributed by atoms with Crippen molar-refractivity contribution in [2.45, 2.75) is 95.0 Å². The summed E-state index contributed by atoms with van der Waals surface area (Å²) in [7, 11) is 0. The molecule has 0 aliphatic carbocycles. The number of carbonyl (C=O) groups excluding carboxylic acids is 6. The van der Waals surface area contributed by atoms with Crippen LogP contribution in [-0.4, -0.2) is 138 Å². The van der Waals surface area contributed by atoms with Gasteiger partial charge >= 0.3 is 5.97 Å². The number of aliphatic carboxylic acids is 1. The van der Waals surface area contributed by atoms with Gasteiger partial charge in [-0.3, -0.25) is 28.8 Å². The summed E-state index contributed by atoms with van der Waals surface area (Å²) in [5.74, 6) is -5.11. The van der Waals surface area contributed by atoms with E-state index in [9.17, 15) is 43.8 Å². The molecule has 3 heterocycles. The lowest BCUT2D eigenvalue weighted by Gasteiger charge is -2.31. The number of phenols is 1. The summed E-state index contributed by atoms with van der Waals surface area (Å²) in [6.07, 6.45) is 8.86. The van der Waals surface area contributed by atoms with E-state index in [4.69, 9.17) is 5.73 Å². The number of imidazole rings is 2. The molecule has 2 aromatic heterocycles. The van der Waals surface area contributed by atoms with Crippen LogP contribution in [0, 0.1) is 5.92 Å². The number of aromatic amines is 2. The van der Waals surface area contributed by atoms with Crippen LogP contribution < -0.4 is 32.3 Å². The second kappa shape index (κ2) is 23.0. The van der Waals surface area contributed by atoms with Crippen molar-refractivity contribution in [2.75, 3.05) is 25.1 Å². The minimum Gasteiger partial charge on any atom is -0.508 e. The highest BCUT2D eigenvalue weighted by molar-refractivity contribution is 7.98. The number of H-pyrrole nitrogens is 2. The monoisotopic (exact) mass is 853 g/mol. The van der Waals surface area contributed by atoms with E-state index in [-0.39, 0.29) is 50.9 Å². The molecule has 1 aliphatic rings. The van der Waals surface area contributed by atoms with Crippen LogP contribution in [0.25, 0.3) is 0 Å². The molecule has 4 rings (SSSR count). The van der Waals surface area contributed by atoms with Gasteiger partial charge in [-0.15, -0.1) is 0 Å². The average molecular weight is 854 g/mol. The van der Waals surface area contributed by atoms with Crippen LogP contribution in [0.5, 0.6) is 5.75 Å². The van der Waals surface area contributed by atoms with Gasteiger partial charge in [0.1, 0.15) is 42.0 Å². The van der Waals surface area contributed by atoms with Crippen molar-refractivity contribution in [2.24, 2.45) is 11.7 Å². The molecule has 6 amide bonds. The first-order valence-electron chi connectivity index (χ1n) is 19.7. The van der Waals surface area contributed by atoms with Gasteiger partial charge in [0.25, 0.3) is 0 Å². The zero-order chi connectivity index (χ0) is 43.8. The van der Waals surface area contributed by atoms with Crippen LogP contribution in [0.1, 0.15) is 56.5 Å². The molecule has 0 unspecified atom stereocenters. The summed E-state index contributed by atoms with van der Waals surface area (Å²) in [6, 6.07) is -0.940. The predicted octanol–water partition coefficient (Wildman–Crippen LogP) is -0.876. The van der Waals surface area contributed by atoms with Gasteiger partial charge in [-0.2, -0.15) is 11.8 Å². The number of benzene rings is 1. The van der Waals surface area contributed by atoms with Crippen LogP contribution in [0.3, 0.4) is 0 Å². The Hall–Kier alpha value is -5.96. The summed E-state index contributed by atoms with van der Waals surface area (Å²) in [5.41, 5.74) is 7.14. The Bertz CT molecular complexity index is 1900. The normalized spacial score (nSPS) is 16.7. The average Bonchev–Trinajstić information content (AvgIpc) is 4.05. The molecule has 21 heteroatoms.